The van der Waals surface area contributed by atoms with Gasteiger partial charge >= 0.3 is 17.1 Å². The summed E-state index contributed by atoms with van der Waals surface area (Å²) in [7, 11) is 2.41. The van der Waals surface area contributed by atoms with E-state index in [1.54, 1.807) is 0 Å². The normalized spacial score (nSPS) is 11.3. The molecule has 60 valence electrons. The molecule has 1 N–H and O–H groups in total. The number of hydrogen-bond donors (Lipinski definition) is 1. The average molecular weight is 158 g/mol. The smallest absolute Gasteiger partial charge is 0.259 e. The molecule has 0 aromatic carbocycles. The van der Waals surface area contributed by atoms with Gasteiger partial charge in [-0.15, -0.1) is 0 Å². The van der Waals surface area contributed by atoms with Gasteiger partial charge in [0.1, 0.15) is 0 Å². The van der Waals surface area contributed by atoms with Gasteiger partial charge in [0.2, 0.25) is 0 Å². The van der Waals surface area contributed by atoms with Crippen molar-refractivity contribution in [3.8, 4) is 0 Å². The fourth-order valence-electron chi connectivity index (χ4n) is 0.620. The van der Waals surface area contributed by atoms with Crippen molar-refractivity contribution in [2.24, 2.45) is 14.1 Å². The van der Waals surface area contributed by atoms with Crippen molar-refractivity contribution < 1.29 is 1.41 Å². The molecule has 0 aliphatic rings. The first-order valence-corrected chi connectivity index (χ1v) is 2.85. The average Bonchev–Trinajstić information content (AvgIpc) is 2.08. The molecule has 0 fully saturated rings. The van der Waals surface area contributed by atoms with E-state index in [9.17, 15) is 14.4 Å². The van der Waals surface area contributed by atoms with E-state index in [0.717, 1.165) is 0 Å². The van der Waals surface area contributed by atoms with Gasteiger partial charge in [-0.25, -0.2) is 23.5 Å². The zero-order valence-electron chi connectivity index (χ0n) is 7.07. The summed E-state index contributed by atoms with van der Waals surface area (Å²) in [5, 5.41) is 0. The van der Waals surface area contributed by atoms with Crippen LogP contribution in [0.2, 0.25) is 1.41 Å². The lowest BCUT2D eigenvalue weighted by atomic mass is 10.9. The fraction of sp³-hybridized carbons (Fsp3) is 0.400. The summed E-state index contributed by atoms with van der Waals surface area (Å²) in [5.41, 5.74) is -2.61. The van der Waals surface area contributed by atoms with E-state index in [4.69, 9.17) is 1.41 Å². The molecule has 0 saturated heterocycles. The monoisotopic (exact) mass is 158 g/mol. The maximum Gasteiger partial charge on any atom is 0.335 e. The van der Waals surface area contributed by atoms with Gasteiger partial charge < -0.3 is 0 Å². The Balaban J connectivity index is 4.00. The van der Waals surface area contributed by atoms with E-state index in [1.165, 1.54) is 14.1 Å². The van der Waals surface area contributed by atoms with E-state index < -0.39 is 17.1 Å². The molecular formula is C5H7N3O3. The van der Waals surface area contributed by atoms with Gasteiger partial charge in [-0.3, -0.25) is 4.98 Å². The van der Waals surface area contributed by atoms with Gasteiger partial charge in [0.05, 0.1) is 0 Å². The molecule has 0 spiro atoms. The quantitative estimate of drug-likeness (QED) is 0.464. The highest BCUT2D eigenvalue weighted by atomic mass is 16.2. The molecule has 0 atom stereocenters. The maximum absolute atomic E-state index is 11.0. The highest BCUT2D eigenvalue weighted by Crippen LogP contribution is 1.52. The number of aromatic amines is 1. The molecule has 0 aliphatic heterocycles. The first-order chi connectivity index (χ1) is 5.46. The first kappa shape index (κ1) is 6.14. The zero-order chi connectivity index (χ0) is 9.46. The van der Waals surface area contributed by atoms with E-state index >= 15 is 0 Å². The van der Waals surface area contributed by atoms with Gasteiger partial charge in [0.25, 0.3) is 0 Å². The predicted octanol–water partition coefficient (Wildman–Crippen LogP) is -2.23. The number of H-pyrrole nitrogens is 1. The number of aromatic nitrogens is 3. The third-order valence-corrected chi connectivity index (χ3v) is 1.34. The van der Waals surface area contributed by atoms with Crippen molar-refractivity contribution in [1.29, 1.82) is 0 Å². The molecule has 1 aromatic heterocycles. The lowest BCUT2D eigenvalue weighted by Gasteiger charge is -1.96. The molecule has 6 nitrogen and oxygen atoms in total. The van der Waals surface area contributed by atoms with Crippen LogP contribution >= 0.6 is 0 Å². The summed E-state index contributed by atoms with van der Waals surface area (Å²) in [4.78, 5) is 32.9. The second-order valence-electron chi connectivity index (χ2n) is 2.08. The molecule has 1 heterocycles. The molecule has 0 saturated carbocycles. The molecule has 1 aromatic rings. The number of hydrogen-bond acceptors (Lipinski definition) is 3. The van der Waals surface area contributed by atoms with Crippen molar-refractivity contribution in [2.75, 3.05) is 0 Å². The standard InChI is InChI=1S/C5H7N3O3/c1-7-3(9)6-4(10)8(2)5(7)11/h1-2H3,(H,6,9,10)/i/hD. The third kappa shape index (κ3) is 1.02. The van der Waals surface area contributed by atoms with Crippen LogP contribution in [0.4, 0.5) is 0 Å². The minimum Gasteiger partial charge on any atom is -0.259 e. The molecule has 0 bridgehead atoms. The fourth-order valence-corrected chi connectivity index (χ4v) is 0.620. The summed E-state index contributed by atoms with van der Waals surface area (Å²) in [6.07, 6.45) is 0. The van der Waals surface area contributed by atoms with Crippen LogP contribution in [0.15, 0.2) is 14.4 Å². The summed E-state index contributed by atoms with van der Waals surface area (Å²) in [5.74, 6) is 0. The summed E-state index contributed by atoms with van der Waals surface area (Å²) < 4.78 is 8.31. The number of nitrogens with zero attached hydrogens (tertiary/aromatic N) is 2. The first-order valence-electron chi connectivity index (χ1n) is 3.30. The lowest BCUT2D eigenvalue weighted by molar-refractivity contribution is 0.619. The molecule has 0 unspecified atom stereocenters. The summed E-state index contributed by atoms with van der Waals surface area (Å²) >= 11 is 0. The molecule has 11 heavy (non-hydrogen) atoms. The van der Waals surface area contributed by atoms with Crippen LogP contribution in [0.5, 0.6) is 0 Å². The number of nitrogens with one attached hydrogen (secondary N) is 1. The Labute approximate surface area is 62.2 Å². The van der Waals surface area contributed by atoms with E-state index in [2.05, 4.69) is 0 Å². The highest BCUT2D eigenvalue weighted by Gasteiger charge is 1.99. The van der Waals surface area contributed by atoms with Crippen LogP contribution in [0.25, 0.3) is 0 Å². The minimum atomic E-state index is -0.942. The van der Waals surface area contributed by atoms with Crippen molar-refractivity contribution in [1.82, 2.24) is 14.1 Å². The minimum absolute atomic E-state index is 0.126. The Morgan fingerprint density at radius 2 is 1.55 bits per heavy atom. The molecular weight excluding hydrogens is 150 g/mol. The van der Waals surface area contributed by atoms with Crippen molar-refractivity contribution in [3.63, 3.8) is 0 Å². The van der Waals surface area contributed by atoms with Crippen LogP contribution in [-0.2, 0) is 14.1 Å². The maximum atomic E-state index is 11.0. The summed E-state index contributed by atoms with van der Waals surface area (Å²) in [6.45, 7) is 0. The summed E-state index contributed by atoms with van der Waals surface area (Å²) in [6, 6.07) is 0. The van der Waals surface area contributed by atoms with E-state index in [-0.39, 0.29) is 4.98 Å². The van der Waals surface area contributed by atoms with Crippen molar-refractivity contribution in [3.05, 3.63) is 31.5 Å². The molecule has 0 aliphatic carbocycles. The van der Waals surface area contributed by atoms with Crippen LogP contribution < -0.4 is 17.1 Å². The Hall–Kier alpha value is -1.59. The van der Waals surface area contributed by atoms with Gasteiger partial charge in [-0.1, -0.05) is 0 Å². The van der Waals surface area contributed by atoms with E-state index in [1.807, 2.05) is 0 Å². The van der Waals surface area contributed by atoms with Crippen molar-refractivity contribution >= 4 is 0 Å². The Morgan fingerprint density at radius 1 is 1.18 bits per heavy atom. The van der Waals surface area contributed by atoms with Crippen LogP contribution in [-0.4, -0.2) is 14.1 Å². The second kappa shape index (κ2) is 2.22. The van der Waals surface area contributed by atoms with Crippen molar-refractivity contribution in [2.45, 2.75) is 0 Å². The largest absolute Gasteiger partial charge is 0.335 e. The Kier molecular flexibility index (Phi) is 1.24. The van der Waals surface area contributed by atoms with Gasteiger partial charge in [0, 0.05) is 14.1 Å². The van der Waals surface area contributed by atoms with Crippen LogP contribution in [0.1, 0.15) is 0 Å². The van der Waals surface area contributed by atoms with Gasteiger partial charge in [-0.05, 0) is 0 Å². The highest BCUT2D eigenvalue weighted by molar-refractivity contribution is 4.69. The molecule has 1 rings (SSSR count). The number of rotatable bonds is 0. The van der Waals surface area contributed by atoms with E-state index in [0.29, 0.717) is 9.13 Å². The third-order valence-electron chi connectivity index (χ3n) is 1.34. The van der Waals surface area contributed by atoms with Crippen LogP contribution in [0, 0.1) is 0 Å². The second-order valence-corrected chi connectivity index (χ2v) is 2.08. The Morgan fingerprint density at radius 3 is 1.91 bits per heavy atom. The molecule has 0 amide bonds. The Bertz CT molecular complexity index is 378. The molecule has 0 radical (unpaired) electrons. The predicted molar refractivity (Wildman–Crippen MR) is 37.5 cm³/mol. The topological polar surface area (TPSA) is 76.9 Å². The zero-order valence-corrected chi connectivity index (χ0v) is 6.07. The van der Waals surface area contributed by atoms with Gasteiger partial charge in [0.15, 0.2) is 1.41 Å². The molecule has 6 heteroatoms. The van der Waals surface area contributed by atoms with Crippen LogP contribution in [0.3, 0.4) is 0 Å². The SMILES string of the molecule is [2H]n1c(=O)n(C)c(=O)n(C)c1=O. The lowest BCUT2D eigenvalue weighted by Crippen LogP contribution is -2.46. The van der Waals surface area contributed by atoms with Gasteiger partial charge in [-0.2, -0.15) is 0 Å².